The summed E-state index contributed by atoms with van der Waals surface area (Å²) in [4.78, 5) is 38.2. The topological polar surface area (TPSA) is 82.1 Å². The van der Waals surface area contributed by atoms with Crippen molar-refractivity contribution in [1.29, 1.82) is 0 Å². The number of hydrogen-bond acceptors (Lipinski definition) is 6. The number of ether oxygens (including phenoxy) is 3. The smallest absolute Gasteiger partial charge is 0.308 e. The minimum Gasteiger partial charge on any atom is -0.497 e. The molecule has 1 aliphatic heterocycles. The maximum atomic E-state index is 12.4. The lowest BCUT2D eigenvalue weighted by atomic mass is 10.1. The van der Waals surface area contributed by atoms with Crippen LogP contribution in [0.3, 0.4) is 0 Å². The summed E-state index contributed by atoms with van der Waals surface area (Å²) in [6, 6.07) is 13.7. The molecular formula is C21H21NO6. The van der Waals surface area contributed by atoms with Gasteiger partial charge in [-0.3, -0.25) is 14.4 Å². The minimum absolute atomic E-state index is 0.0275. The molecule has 0 aliphatic carbocycles. The van der Waals surface area contributed by atoms with E-state index in [9.17, 15) is 14.4 Å². The van der Waals surface area contributed by atoms with E-state index in [0.29, 0.717) is 22.7 Å². The zero-order valence-electron chi connectivity index (χ0n) is 15.7. The molecule has 7 nitrogen and oxygen atoms in total. The second-order valence-corrected chi connectivity index (χ2v) is 6.28. The molecule has 0 aromatic heterocycles. The van der Waals surface area contributed by atoms with E-state index < -0.39 is 12.1 Å². The summed E-state index contributed by atoms with van der Waals surface area (Å²) in [7, 11) is 1.54. The molecule has 0 spiro atoms. The van der Waals surface area contributed by atoms with Crippen molar-refractivity contribution < 1.29 is 28.6 Å². The number of carbonyl (C=O) groups excluding carboxylic acids is 3. The molecule has 0 unspecified atom stereocenters. The Hall–Kier alpha value is -3.35. The quantitative estimate of drug-likeness (QED) is 0.540. The van der Waals surface area contributed by atoms with E-state index in [2.05, 4.69) is 0 Å². The summed E-state index contributed by atoms with van der Waals surface area (Å²) >= 11 is 0. The molecule has 1 atom stereocenters. The predicted molar refractivity (Wildman–Crippen MR) is 102 cm³/mol. The Morgan fingerprint density at radius 3 is 2.57 bits per heavy atom. The average molecular weight is 383 g/mol. The molecule has 146 valence electrons. The number of methoxy groups -OCH3 is 1. The van der Waals surface area contributed by atoms with Gasteiger partial charge in [-0.1, -0.05) is 12.1 Å². The van der Waals surface area contributed by atoms with Gasteiger partial charge in [0, 0.05) is 12.1 Å². The molecule has 2 aromatic carbocycles. The van der Waals surface area contributed by atoms with Crippen molar-refractivity contribution in [3.05, 3.63) is 54.1 Å². The van der Waals surface area contributed by atoms with Crippen LogP contribution in [0.25, 0.3) is 0 Å². The van der Waals surface area contributed by atoms with E-state index in [1.165, 1.54) is 11.8 Å². The van der Waals surface area contributed by atoms with E-state index in [1.54, 1.807) is 49.6 Å². The second-order valence-electron chi connectivity index (χ2n) is 6.28. The fourth-order valence-corrected chi connectivity index (χ4v) is 2.90. The summed E-state index contributed by atoms with van der Waals surface area (Å²) in [6.07, 6.45) is -0.950. The van der Waals surface area contributed by atoms with Crippen molar-refractivity contribution in [2.45, 2.75) is 19.4 Å². The first-order valence-electron chi connectivity index (χ1n) is 8.89. The standard InChI is InChI=1S/C21H21NO6/c1-14(21(25)15-7-9-16(26-2)10-8-15)28-20(24)11-12-22-17-5-3-4-6-18(17)27-13-19(22)23/h3-10,14H,11-13H2,1-2H3/t14-/m0/s1. The number of hydrogen-bond donors (Lipinski definition) is 0. The highest BCUT2D eigenvalue weighted by molar-refractivity contribution is 6.00. The highest BCUT2D eigenvalue weighted by Gasteiger charge is 2.26. The Morgan fingerprint density at radius 1 is 1.14 bits per heavy atom. The summed E-state index contributed by atoms with van der Waals surface area (Å²) in [5.41, 5.74) is 1.05. The summed E-state index contributed by atoms with van der Waals surface area (Å²) in [5, 5.41) is 0. The van der Waals surface area contributed by atoms with Gasteiger partial charge < -0.3 is 19.1 Å². The lowest BCUT2D eigenvalue weighted by molar-refractivity contribution is -0.146. The van der Waals surface area contributed by atoms with Gasteiger partial charge >= 0.3 is 5.97 Å². The summed E-state index contributed by atoms with van der Waals surface area (Å²) in [5.74, 6) is 0.152. The zero-order valence-corrected chi connectivity index (χ0v) is 15.7. The average Bonchev–Trinajstić information content (AvgIpc) is 2.72. The number of anilines is 1. The van der Waals surface area contributed by atoms with Gasteiger partial charge in [0.25, 0.3) is 5.91 Å². The van der Waals surface area contributed by atoms with Gasteiger partial charge in [0.2, 0.25) is 5.78 Å². The number of carbonyl (C=O) groups is 3. The van der Waals surface area contributed by atoms with Crippen LogP contribution in [0.1, 0.15) is 23.7 Å². The number of para-hydroxylation sites is 2. The van der Waals surface area contributed by atoms with Crippen molar-refractivity contribution in [2.24, 2.45) is 0 Å². The van der Waals surface area contributed by atoms with Gasteiger partial charge in [-0.25, -0.2) is 0 Å². The van der Waals surface area contributed by atoms with Gasteiger partial charge in [0.1, 0.15) is 11.5 Å². The van der Waals surface area contributed by atoms with Crippen LogP contribution in [-0.2, 0) is 14.3 Å². The molecule has 28 heavy (non-hydrogen) atoms. The number of ketones is 1. The van der Waals surface area contributed by atoms with Crippen molar-refractivity contribution in [2.75, 3.05) is 25.2 Å². The molecular weight excluding hydrogens is 362 g/mol. The Labute approximate surface area is 162 Å². The number of Topliss-reactive ketones (excluding diaryl/α,β-unsaturated/α-hetero) is 1. The third kappa shape index (κ3) is 4.31. The Balaban J connectivity index is 1.56. The highest BCUT2D eigenvalue weighted by atomic mass is 16.5. The van der Waals surface area contributed by atoms with Gasteiger partial charge in [-0.2, -0.15) is 0 Å². The highest BCUT2D eigenvalue weighted by Crippen LogP contribution is 2.31. The SMILES string of the molecule is COc1ccc(C(=O)[C@H](C)OC(=O)CCN2C(=O)COc3ccccc32)cc1. The van der Waals surface area contributed by atoms with Crippen LogP contribution >= 0.6 is 0 Å². The molecule has 0 saturated carbocycles. The Kier molecular flexibility index (Phi) is 5.93. The normalized spacial score (nSPS) is 13.9. The van der Waals surface area contributed by atoms with E-state index in [-0.39, 0.29) is 31.3 Å². The number of nitrogens with zero attached hydrogens (tertiary/aromatic N) is 1. The van der Waals surface area contributed by atoms with Crippen LogP contribution in [0.2, 0.25) is 0 Å². The number of benzene rings is 2. The molecule has 0 bridgehead atoms. The van der Waals surface area contributed by atoms with Crippen molar-refractivity contribution >= 4 is 23.3 Å². The maximum absolute atomic E-state index is 12.4. The van der Waals surface area contributed by atoms with Crippen molar-refractivity contribution in [3.63, 3.8) is 0 Å². The van der Waals surface area contributed by atoms with E-state index in [1.807, 2.05) is 6.07 Å². The Morgan fingerprint density at radius 2 is 1.86 bits per heavy atom. The zero-order chi connectivity index (χ0) is 20.1. The monoisotopic (exact) mass is 383 g/mol. The van der Waals surface area contributed by atoms with Crippen molar-refractivity contribution in [1.82, 2.24) is 0 Å². The van der Waals surface area contributed by atoms with Gasteiger partial charge in [-0.05, 0) is 43.3 Å². The summed E-state index contributed by atoms with van der Waals surface area (Å²) < 4.78 is 15.7. The molecule has 2 aromatic rings. The first-order valence-corrected chi connectivity index (χ1v) is 8.89. The molecule has 1 heterocycles. The number of esters is 1. The van der Waals surface area contributed by atoms with Gasteiger partial charge in [0.05, 0.1) is 19.2 Å². The lowest BCUT2D eigenvalue weighted by Crippen LogP contribution is -2.40. The maximum Gasteiger partial charge on any atom is 0.308 e. The third-order valence-electron chi connectivity index (χ3n) is 4.40. The fourth-order valence-electron chi connectivity index (χ4n) is 2.90. The molecule has 1 aliphatic rings. The van der Waals surface area contributed by atoms with Crippen LogP contribution in [0.4, 0.5) is 5.69 Å². The first-order chi connectivity index (χ1) is 13.5. The van der Waals surface area contributed by atoms with Crippen LogP contribution in [0.15, 0.2) is 48.5 Å². The first kappa shape index (κ1) is 19.4. The van der Waals surface area contributed by atoms with Crippen LogP contribution < -0.4 is 14.4 Å². The lowest BCUT2D eigenvalue weighted by Gasteiger charge is -2.29. The van der Waals surface area contributed by atoms with Gasteiger partial charge in [0.15, 0.2) is 12.7 Å². The predicted octanol–water partition coefficient (Wildman–Crippen LogP) is 2.63. The van der Waals surface area contributed by atoms with Crippen LogP contribution in [0.5, 0.6) is 11.5 Å². The molecule has 0 N–H and O–H groups in total. The summed E-state index contributed by atoms with van der Waals surface area (Å²) in [6.45, 7) is 1.61. The Bertz CT molecular complexity index is 877. The number of amides is 1. The molecule has 1 amide bonds. The molecule has 3 rings (SSSR count). The number of rotatable bonds is 7. The molecule has 0 saturated heterocycles. The largest absolute Gasteiger partial charge is 0.497 e. The molecule has 7 heteroatoms. The number of fused-ring (bicyclic) bond motifs is 1. The minimum atomic E-state index is -0.923. The molecule has 0 fully saturated rings. The molecule has 0 radical (unpaired) electrons. The fraction of sp³-hybridized carbons (Fsp3) is 0.286. The van der Waals surface area contributed by atoms with E-state index >= 15 is 0 Å². The van der Waals surface area contributed by atoms with E-state index in [4.69, 9.17) is 14.2 Å². The van der Waals surface area contributed by atoms with Crippen molar-refractivity contribution in [3.8, 4) is 11.5 Å². The van der Waals surface area contributed by atoms with Crippen LogP contribution in [-0.4, -0.2) is 44.0 Å². The van der Waals surface area contributed by atoms with E-state index in [0.717, 1.165) is 0 Å². The third-order valence-corrected chi connectivity index (χ3v) is 4.40. The van der Waals surface area contributed by atoms with Crippen LogP contribution in [0, 0.1) is 0 Å². The second kappa shape index (κ2) is 8.56. The van der Waals surface area contributed by atoms with Gasteiger partial charge in [-0.15, -0.1) is 0 Å².